The second-order valence-electron chi connectivity index (χ2n) is 5.65. The van der Waals surface area contributed by atoms with Gasteiger partial charge >= 0.3 is 0 Å². The van der Waals surface area contributed by atoms with Crippen LogP contribution in [-0.2, 0) is 19.4 Å². The fourth-order valence-corrected chi connectivity index (χ4v) is 5.43. The monoisotopic (exact) mass is 288 g/mol. The van der Waals surface area contributed by atoms with Gasteiger partial charge in [0.25, 0.3) is 0 Å². The minimum Gasteiger partial charge on any atom is -0.379 e. The topological polar surface area (TPSA) is 66.9 Å². The van der Waals surface area contributed by atoms with Crippen LogP contribution < -0.4 is 0 Å². The number of fused-ring (bicyclic) bond motifs is 1. The Labute approximate surface area is 113 Å². The molecule has 6 nitrogen and oxygen atoms in total. The van der Waals surface area contributed by atoms with Crippen molar-refractivity contribution in [3.05, 3.63) is 0 Å². The molecule has 19 heavy (non-hydrogen) atoms. The molecule has 3 fully saturated rings. The number of carbonyl (C=O) groups excluding carboxylic acids is 1. The maximum Gasteiger partial charge on any atom is 0.223 e. The molecule has 2 atom stereocenters. The lowest BCUT2D eigenvalue weighted by molar-refractivity contribution is -0.129. The number of hydrogen-bond acceptors (Lipinski definition) is 5. The van der Waals surface area contributed by atoms with E-state index in [0.29, 0.717) is 13.0 Å². The maximum absolute atomic E-state index is 12.0. The zero-order valence-corrected chi connectivity index (χ0v) is 11.8. The Bertz CT molecular complexity index is 458. The van der Waals surface area contributed by atoms with E-state index in [9.17, 15) is 13.2 Å². The second-order valence-corrected chi connectivity index (χ2v) is 7.80. The van der Waals surface area contributed by atoms with Crippen LogP contribution in [0.15, 0.2) is 0 Å². The quantitative estimate of drug-likeness (QED) is 0.664. The third-order valence-electron chi connectivity index (χ3n) is 4.36. The lowest BCUT2D eigenvalue weighted by Crippen LogP contribution is -2.44. The number of nitrogens with zero attached hydrogens (tertiary/aromatic N) is 2. The number of morpholine rings is 1. The van der Waals surface area contributed by atoms with Crippen molar-refractivity contribution in [3.8, 4) is 0 Å². The van der Waals surface area contributed by atoms with E-state index >= 15 is 0 Å². The third kappa shape index (κ3) is 2.78. The SMILES string of the molecule is O=C1C[C@H]2CS(=O)(=O)C[C@H]2N1CCN1CCOCC1. The molecule has 3 heterocycles. The highest BCUT2D eigenvalue weighted by atomic mass is 32.2. The number of amides is 1. The lowest BCUT2D eigenvalue weighted by Gasteiger charge is -2.30. The maximum atomic E-state index is 12.0. The van der Waals surface area contributed by atoms with E-state index in [2.05, 4.69) is 4.90 Å². The van der Waals surface area contributed by atoms with Crippen LogP contribution in [0.4, 0.5) is 0 Å². The van der Waals surface area contributed by atoms with Crippen molar-refractivity contribution >= 4 is 15.7 Å². The first kappa shape index (κ1) is 13.3. The highest BCUT2D eigenvalue weighted by Crippen LogP contribution is 2.33. The smallest absolute Gasteiger partial charge is 0.223 e. The van der Waals surface area contributed by atoms with E-state index in [1.54, 1.807) is 4.90 Å². The highest BCUT2D eigenvalue weighted by Gasteiger charge is 2.48. The van der Waals surface area contributed by atoms with Gasteiger partial charge in [-0.2, -0.15) is 0 Å². The van der Waals surface area contributed by atoms with Crippen LogP contribution in [0.3, 0.4) is 0 Å². The molecule has 0 radical (unpaired) electrons. The molecule has 0 unspecified atom stereocenters. The number of hydrogen-bond donors (Lipinski definition) is 0. The first-order chi connectivity index (χ1) is 9.05. The van der Waals surface area contributed by atoms with Crippen molar-refractivity contribution in [3.63, 3.8) is 0 Å². The number of likely N-dealkylation sites (tertiary alicyclic amines) is 1. The molecule has 0 N–H and O–H groups in total. The van der Waals surface area contributed by atoms with Crippen LogP contribution in [0.5, 0.6) is 0 Å². The lowest BCUT2D eigenvalue weighted by atomic mass is 10.1. The predicted molar refractivity (Wildman–Crippen MR) is 69.5 cm³/mol. The minimum absolute atomic E-state index is 0.0298. The number of sulfone groups is 1. The molecule has 3 rings (SSSR count). The predicted octanol–water partition coefficient (Wildman–Crippen LogP) is -1.04. The molecule has 0 aromatic rings. The van der Waals surface area contributed by atoms with Gasteiger partial charge in [0.1, 0.15) is 0 Å². The molecule has 0 saturated carbocycles. The van der Waals surface area contributed by atoms with Crippen molar-refractivity contribution in [2.45, 2.75) is 12.5 Å². The fourth-order valence-electron chi connectivity index (χ4n) is 3.33. The zero-order chi connectivity index (χ0) is 13.5. The molecule has 108 valence electrons. The highest BCUT2D eigenvalue weighted by molar-refractivity contribution is 7.91. The normalized spacial score (nSPS) is 34.7. The number of ether oxygens (including phenoxy) is 1. The van der Waals surface area contributed by atoms with Crippen molar-refractivity contribution in [2.75, 3.05) is 50.9 Å². The molecule has 3 aliphatic rings. The molecular weight excluding hydrogens is 268 g/mol. The summed E-state index contributed by atoms with van der Waals surface area (Å²) in [5, 5.41) is 0. The Hall–Kier alpha value is -0.660. The summed E-state index contributed by atoms with van der Waals surface area (Å²) in [4.78, 5) is 16.0. The molecule has 0 aromatic heterocycles. The molecule has 0 spiro atoms. The largest absolute Gasteiger partial charge is 0.379 e. The van der Waals surface area contributed by atoms with E-state index in [-0.39, 0.29) is 29.4 Å². The Kier molecular flexibility index (Phi) is 3.53. The molecule has 3 saturated heterocycles. The van der Waals surface area contributed by atoms with Gasteiger partial charge in [-0.05, 0) is 0 Å². The first-order valence-electron chi connectivity index (χ1n) is 6.85. The van der Waals surface area contributed by atoms with Gasteiger partial charge in [0.05, 0.1) is 24.7 Å². The number of carbonyl (C=O) groups is 1. The van der Waals surface area contributed by atoms with Gasteiger partial charge in [-0.25, -0.2) is 8.42 Å². The first-order valence-corrected chi connectivity index (χ1v) is 8.67. The van der Waals surface area contributed by atoms with E-state index in [4.69, 9.17) is 4.74 Å². The van der Waals surface area contributed by atoms with Crippen LogP contribution in [-0.4, -0.2) is 81.1 Å². The minimum atomic E-state index is -2.93. The Morgan fingerprint density at radius 2 is 1.89 bits per heavy atom. The van der Waals surface area contributed by atoms with E-state index in [1.807, 2.05) is 0 Å². The second kappa shape index (κ2) is 5.03. The van der Waals surface area contributed by atoms with Gasteiger partial charge in [-0.3, -0.25) is 9.69 Å². The summed E-state index contributed by atoms with van der Waals surface area (Å²) in [7, 11) is -2.93. The average Bonchev–Trinajstić information content (AvgIpc) is 2.79. The van der Waals surface area contributed by atoms with Gasteiger partial charge in [0.15, 0.2) is 9.84 Å². The Balaban J connectivity index is 1.59. The summed E-state index contributed by atoms with van der Waals surface area (Å²) in [5.74, 6) is 0.504. The van der Waals surface area contributed by atoms with E-state index < -0.39 is 9.84 Å². The van der Waals surface area contributed by atoms with Gasteiger partial charge < -0.3 is 9.64 Å². The van der Waals surface area contributed by atoms with Gasteiger partial charge in [0, 0.05) is 44.6 Å². The average molecular weight is 288 g/mol. The summed E-state index contributed by atoms with van der Waals surface area (Å²) in [5.41, 5.74) is 0. The standard InChI is InChI=1S/C12H20N2O4S/c15-12-7-10-8-19(16,17)9-11(10)14(12)2-1-13-3-5-18-6-4-13/h10-11H,1-9H2/t10-,11+/m0/s1. The van der Waals surface area contributed by atoms with Crippen molar-refractivity contribution in [1.82, 2.24) is 9.80 Å². The summed E-state index contributed by atoms with van der Waals surface area (Å²) >= 11 is 0. The van der Waals surface area contributed by atoms with Crippen LogP contribution in [0.2, 0.25) is 0 Å². The van der Waals surface area contributed by atoms with Gasteiger partial charge in [-0.15, -0.1) is 0 Å². The van der Waals surface area contributed by atoms with Crippen LogP contribution in [0.25, 0.3) is 0 Å². The molecule has 7 heteroatoms. The third-order valence-corrected chi connectivity index (χ3v) is 6.14. The summed E-state index contributed by atoms with van der Waals surface area (Å²) in [6, 6.07) is -0.0708. The molecule has 0 aromatic carbocycles. The van der Waals surface area contributed by atoms with Crippen molar-refractivity contribution in [1.29, 1.82) is 0 Å². The Morgan fingerprint density at radius 1 is 1.16 bits per heavy atom. The molecular formula is C12H20N2O4S. The molecule has 0 bridgehead atoms. The van der Waals surface area contributed by atoms with E-state index in [1.165, 1.54) is 0 Å². The van der Waals surface area contributed by atoms with Crippen LogP contribution >= 0.6 is 0 Å². The van der Waals surface area contributed by atoms with Crippen LogP contribution in [0.1, 0.15) is 6.42 Å². The van der Waals surface area contributed by atoms with Crippen LogP contribution in [0, 0.1) is 5.92 Å². The van der Waals surface area contributed by atoms with E-state index in [0.717, 1.165) is 32.8 Å². The number of rotatable bonds is 3. The zero-order valence-electron chi connectivity index (χ0n) is 11.0. The fraction of sp³-hybridized carbons (Fsp3) is 0.917. The molecule has 3 aliphatic heterocycles. The molecule has 0 aliphatic carbocycles. The summed E-state index contributed by atoms with van der Waals surface area (Å²) in [6.07, 6.45) is 0.410. The summed E-state index contributed by atoms with van der Waals surface area (Å²) in [6.45, 7) is 4.75. The van der Waals surface area contributed by atoms with Crippen molar-refractivity contribution in [2.24, 2.45) is 5.92 Å². The van der Waals surface area contributed by atoms with Crippen molar-refractivity contribution < 1.29 is 17.9 Å². The Morgan fingerprint density at radius 3 is 2.63 bits per heavy atom. The van der Waals surface area contributed by atoms with Gasteiger partial charge in [0.2, 0.25) is 5.91 Å². The van der Waals surface area contributed by atoms with Gasteiger partial charge in [-0.1, -0.05) is 0 Å². The summed E-state index contributed by atoms with van der Waals surface area (Å²) < 4.78 is 28.6. The molecule has 1 amide bonds.